The van der Waals surface area contributed by atoms with Gasteiger partial charge in [0, 0.05) is 12.1 Å². The molecule has 0 aliphatic carbocycles. The fourth-order valence-electron chi connectivity index (χ4n) is 1.58. The predicted molar refractivity (Wildman–Crippen MR) is 61.1 cm³/mol. The van der Waals surface area contributed by atoms with Crippen molar-refractivity contribution in [2.24, 2.45) is 0 Å². The van der Waals surface area contributed by atoms with Crippen LogP contribution in [0, 0.1) is 0 Å². The van der Waals surface area contributed by atoms with Crippen molar-refractivity contribution < 1.29 is 14.3 Å². The first-order chi connectivity index (χ1) is 8.11. The lowest BCUT2D eigenvalue weighted by Gasteiger charge is -2.08. The average molecular weight is 236 g/mol. The third-order valence-corrected chi connectivity index (χ3v) is 2.40. The molecule has 0 saturated carbocycles. The van der Waals surface area contributed by atoms with Gasteiger partial charge in [-0.25, -0.2) is 4.79 Å². The van der Waals surface area contributed by atoms with Gasteiger partial charge in [-0.3, -0.25) is 9.78 Å². The summed E-state index contributed by atoms with van der Waals surface area (Å²) in [6.45, 7) is 0.179. The van der Waals surface area contributed by atoms with Crippen LogP contribution in [0.1, 0.15) is 10.4 Å². The van der Waals surface area contributed by atoms with E-state index in [4.69, 9.17) is 4.42 Å². The highest BCUT2D eigenvalue weighted by atomic mass is 16.4. The Kier molecular flexibility index (Phi) is 3.08. The number of Topliss-reactive ketones (excluding diaryl/α,β-unsaturated/α-hetero) is 1. The minimum atomic E-state index is -1.10. The zero-order valence-electron chi connectivity index (χ0n) is 9.19. The first kappa shape index (κ1) is 11.6. The number of oxazole rings is 1. The van der Waals surface area contributed by atoms with Crippen molar-refractivity contribution in [3.05, 3.63) is 34.3 Å². The quantitative estimate of drug-likeness (QED) is 0.643. The van der Waals surface area contributed by atoms with Gasteiger partial charge in [-0.05, 0) is 25.2 Å². The molecular weight excluding hydrogens is 224 g/mol. The first-order valence-corrected chi connectivity index (χ1v) is 5.11. The van der Waals surface area contributed by atoms with Crippen LogP contribution in [0.25, 0.3) is 11.1 Å². The number of aliphatic hydroxyl groups excluding tert-OH is 1. The molecule has 1 heterocycles. The Hall–Kier alpha value is -1.92. The summed E-state index contributed by atoms with van der Waals surface area (Å²) in [5.41, 5.74) is 1.16. The topological polar surface area (TPSA) is 95.3 Å². The molecule has 1 aromatic carbocycles. The lowest BCUT2D eigenvalue weighted by Crippen LogP contribution is -2.31. The highest BCUT2D eigenvalue weighted by Crippen LogP contribution is 2.13. The highest BCUT2D eigenvalue weighted by molar-refractivity contribution is 6.01. The van der Waals surface area contributed by atoms with Crippen molar-refractivity contribution in [2.45, 2.75) is 6.10 Å². The summed E-state index contributed by atoms with van der Waals surface area (Å²) >= 11 is 0. The van der Waals surface area contributed by atoms with Gasteiger partial charge in [0.05, 0.1) is 5.52 Å². The molecule has 6 heteroatoms. The molecule has 1 aromatic heterocycles. The van der Waals surface area contributed by atoms with Crippen LogP contribution in [-0.4, -0.2) is 35.6 Å². The van der Waals surface area contributed by atoms with E-state index in [1.807, 2.05) is 0 Å². The van der Waals surface area contributed by atoms with E-state index in [2.05, 4.69) is 10.3 Å². The van der Waals surface area contributed by atoms with Crippen molar-refractivity contribution in [3.63, 3.8) is 0 Å². The molecule has 2 rings (SSSR count). The van der Waals surface area contributed by atoms with E-state index in [9.17, 15) is 14.7 Å². The molecular formula is C11H12N2O4. The van der Waals surface area contributed by atoms with Crippen molar-refractivity contribution in [2.75, 3.05) is 13.6 Å². The number of fused-ring (bicyclic) bond motifs is 1. The number of hydrogen-bond donors (Lipinski definition) is 3. The fourth-order valence-corrected chi connectivity index (χ4v) is 1.58. The smallest absolute Gasteiger partial charge is 0.408 e. The molecule has 90 valence electrons. The van der Waals surface area contributed by atoms with Crippen molar-refractivity contribution in [3.8, 4) is 0 Å². The predicted octanol–water partition coefficient (Wildman–Crippen LogP) is -0.116. The maximum atomic E-state index is 11.8. The number of carbonyl (C=O) groups excluding carboxylic acids is 1. The zero-order chi connectivity index (χ0) is 12.4. The molecule has 0 aliphatic rings. The lowest BCUT2D eigenvalue weighted by molar-refractivity contribution is 0.0750. The molecule has 3 N–H and O–H groups in total. The van der Waals surface area contributed by atoms with Crippen LogP contribution in [0.4, 0.5) is 0 Å². The Balaban J connectivity index is 2.35. The third-order valence-electron chi connectivity index (χ3n) is 2.40. The van der Waals surface area contributed by atoms with Crippen molar-refractivity contribution in [1.82, 2.24) is 10.3 Å². The number of aromatic nitrogens is 1. The molecule has 0 bridgehead atoms. The fraction of sp³-hybridized carbons (Fsp3) is 0.273. The maximum Gasteiger partial charge on any atom is 0.417 e. The Morgan fingerprint density at radius 1 is 1.59 bits per heavy atom. The van der Waals surface area contributed by atoms with Gasteiger partial charge in [0.15, 0.2) is 11.4 Å². The normalized spacial score (nSPS) is 12.8. The summed E-state index contributed by atoms with van der Waals surface area (Å²) in [5, 5.41) is 12.3. The summed E-state index contributed by atoms with van der Waals surface area (Å²) in [6.07, 6.45) is -1.10. The number of rotatable bonds is 4. The molecule has 0 saturated heterocycles. The van der Waals surface area contributed by atoms with Crippen LogP contribution in [0.2, 0.25) is 0 Å². The Bertz CT molecular complexity index is 599. The van der Waals surface area contributed by atoms with Crippen LogP contribution in [0.5, 0.6) is 0 Å². The number of nitrogens with one attached hydrogen (secondary N) is 2. The van der Waals surface area contributed by atoms with Crippen molar-refractivity contribution in [1.29, 1.82) is 0 Å². The van der Waals surface area contributed by atoms with Crippen LogP contribution < -0.4 is 11.1 Å². The van der Waals surface area contributed by atoms with Gasteiger partial charge < -0.3 is 14.8 Å². The molecule has 1 unspecified atom stereocenters. The molecule has 0 fully saturated rings. The van der Waals surface area contributed by atoms with Crippen molar-refractivity contribution >= 4 is 16.9 Å². The van der Waals surface area contributed by atoms with Gasteiger partial charge in [-0.15, -0.1) is 0 Å². The van der Waals surface area contributed by atoms with E-state index in [1.54, 1.807) is 7.05 Å². The highest BCUT2D eigenvalue weighted by Gasteiger charge is 2.17. The molecule has 0 radical (unpaired) electrons. The number of likely N-dealkylation sites (N-methyl/N-ethyl adjacent to an activating group) is 1. The molecule has 6 nitrogen and oxygen atoms in total. The van der Waals surface area contributed by atoms with E-state index < -0.39 is 17.6 Å². The number of ketones is 1. The largest absolute Gasteiger partial charge is 0.417 e. The molecule has 17 heavy (non-hydrogen) atoms. The average Bonchev–Trinajstić information content (AvgIpc) is 2.67. The number of aromatic amines is 1. The molecule has 0 amide bonds. The number of carbonyl (C=O) groups is 1. The molecule has 1 atom stereocenters. The zero-order valence-corrected chi connectivity index (χ0v) is 9.19. The number of aliphatic hydroxyl groups is 1. The molecule has 0 aliphatic heterocycles. The van der Waals surface area contributed by atoms with Crippen LogP contribution >= 0.6 is 0 Å². The molecule has 0 spiro atoms. The SMILES string of the molecule is CNCC(O)C(=O)c1ccc2oc(=O)[nH]c2c1. The minimum Gasteiger partial charge on any atom is -0.408 e. The van der Waals surface area contributed by atoms with Gasteiger partial charge in [0.2, 0.25) is 0 Å². The van der Waals surface area contributed by atoms with Crippen LogP contribution in [0.3, 0.4) is 0 Å². The van der Waals surface area contributed by atoms with Crippen LogP contribution in [0.15, 0.2) is 27.4 Å². The van der Waals surface area contributed by atoms with Gasteiger partial charge in [0.1, 0.15) is 6.10 Å². The first-order valence-electron chi connectivity index (χ1n) is 5.11. The van der Waals surface area contributed by atoms with Crippen LogP contribution in [-0.2, 0) is 0 Å². The number of H-pyrrole nitrogens is 1. The van der Waals surface area contributed by atoms with E-state index in [0.717, 1.165) is 0 Å². The second kappa shape index (κ2) is 4.52. The molecule has 2 aromatic rings. The standard InChI is InChI=1S/C11H12N2O4/c1-12-5-8(14)10(15)6-2-3-9-7(4-6)13-11(16)17-9/h2-4,8,12,14H,5H2,1H3,(H,13,16). The van der Waals surface area contributed by atoms with E-state index in [0.29, 0.717) is 16.7 Å². The van der Waals surface area contributed by atoms with E-state index >= 15 is 0 Å². The lowest BCUT2D eigenvalue weighted by atomic mass is 10.1. The summed E-state index contributed by atoms with van der Waals surface area (Å²) < 4.78 is 4.81. The van der Waals surface area contributed by atoms with Gasteiger partial charge in [-0.1, -0.05) is 0 Å². The summed E-state index contributed by atoms with van der Waals surface area (Å²) in [6, 6.07) is 4.52. The second-order valence-corrected chi connectivity index (χ2v) is 3.66. The minimum absolute atomic E-state index is 0.179. The monoisotopic (exact) mass is 236 g/mol. The number of benzene rings is 1. The third kappa shape index (κ3) is 2.27. The van der Waals surface area contributed by atoms with E-state index in [1.165, 1.54) is 18.2 Å². The maximum absolute atomic E-state index is 11.8. The van der Waals surface area contributed by atoms with Gasteiger partial charge in [-0.2, -0.15) is 0 Å². The Morgan fingerprint density at radius 3 is 3.06 bits per heavy atom. The second-order valence-electron chi connectivity index (χ2n) is 3.66. The van der Waals surface area contributed by atoms with Gasteiger partial charge >= 0.3 is 5.76 Å². The summed E-state index contributed by atoms with van der Waals surface area (Å²) in [7, 11) is 1.65. The number of hydrogen-bond acceptors (Lipinski definition) is 5. The van der Waals surface area contributed by atoms with E-state index in [-0.39, 0.29) is 6.54 Å². The summed E-state index contributed by atoms with van der Waals surface area (Å²) in [5.74, 6) is -0.969. The summed E-state index contributed by atoms with van der Waals surface area (Å²) in [4.78, 5) is 25.2. The Morgan fingerprint density at radius 2 is 2.35 bits per heavy atom. The van der Waals surface area contributed by atoms with Gasteiger partial charge in [0.25, 0.3) is 0 Å². The Labute approximate surface area is 96.3 Å².